The zero-order valence-corrected chi connectivity index (χ0v) is 9.48. The van der Waals surface area contributed by atoms with E-state index in [9.17, 15) is 4.79 Å². The lowest BCUT2D eigenvalue weighted by atomic mass is 10.4. The minimum atomic E-state index is -0.648. The van der Waals surface area contributed by atoms with Crippen LogP contribution in [0.3, 0.4) is 0 Å². The maximum Gasteiger partial charge on any atom is 0.411 e. The molecule has 0 saturated carbocycles. The van der Waals surface area contributed by atoms with Crippen molar-refractivity contribution in [3.05, 3.63) is 36.8 Å². The molecule has 0 bridgehead atoms. The molecule has 0 aliphatic carbocycles. The van der Waals surface area contributed by atoms with Crippen LogP contribution in [0.4, 0.5) is 10.5 Å². The number of ether oxygens (including phenoxy) is 1. The molecule has 7 nitrogen and oxygen atoms in total. The monoisotopic (exact) mass is 248 g/mol. The van der Waals surface area contributed by atoms with Crippen LogP contribution in [-0.2, 0) is 4.74 Å². The summed E-state index contributed by atoms with van der Waals surface area (Å²) in [4.78, 5) is 15.5. The molecule has 2 heterocycles. The Morgan fingerprint density at radius 3 is 3.06 bits per heavy atom. The lowest BCUT2D eigenvalue weighted by molar-refractivity contribution is 0.131. The van der Waals surface area contributed by atoms with Gasteiger partial charge < -0.3 is 9.84 Å². The second kappa shape index (κ2) is 5.78. The Bertz CT molecular complexity index is 513. The molecule has 7 heteroatoms. The maximum atomic E-state index is 11.4. The average molecular weight is 248 g/mol. The Balaban J connectivity index is 2.16. The molecule has 0 aromatic carbocycles. The van der Waals surface area contributed by atoms with Crippen molar-refractivity contribution in [3.63, 3.8) is 0 Å². The molecule has 0 saturated heterocycles. The van der Waals surface area contributed by atoms with Crippen LogP contribution in [-0.4, -0.2) is 39.2 Å². The fraction of sp³-hybridized carbons (Fsp3) is 0.182. The number of aromatic nitrogens is 3. The van der Waals surface area contributed by atoms with E-state index in [4.69, 9.17) is 9.84 Å². The van der Waals surface area contributed by atoms with Crippen molar-refractivity contribution in [3.8, 4) is 5.82 Å². The normalized spacial score (nSPS) is 10.1. The lowest BCUT2D eigenvalue weighted by Crippen LogP contribution is -2.17. The minimum absolute atomic E-state index is 0.0524. The van der Waals surface area contributed by atoms with Gasteiger partial charge in [-0.05, 0) is 18.2 Å². The van der Waals surface area contributed by atoms with Crippen molar-refractivity contribution in [2.45, 2.75) is 0 Å². The van der Waals surface area contributed by atoms with E-state index in [0.717, 1.165) is 0 Å². The smallest absolute Gasteiger partial charge is 0.411 e. The quantitative estimate of drug-likeness (QED) is 0.835. The highest BCUT2D eigenvalue weighted by atomic mass is 16.6. The highest BCUT2D eigenvalue weighted by Crippen LogP contribution is 2.16. The Morgan fingerprint density at radius 2 is 2.33 bits per heavy atom. The van der Waals surface area contributed by atoms with Crippen molar-refractivity contribution in [2.75, 3.05) is 18.5 Å². The highest BCUT2D eigenvalue weighted by molar-refractivity contribution is 5.86. The molecule has 2 aromatic heterocycles. The molecule has 0 spiro atoms. The van der Waals surface area contributed by atoms with E-state index >= 15 is 0 Å². The van der Waals surface area contributed by atoms with Crippen molar-refractivity contribution in [2.24, 2.45) is 0 Å². The van der Waals surface area contributed by atoms with Crippen LogP contribution in [0.5, 0.6) is 0 Å². The number of amides is 1. The summed E-state index contributed by atoms with van der Waals surface area (Å²) in [6, 6.07) is 5.13. The Morgan fingerprint density at radius 1 is 1.44 bits per heavy atom. The van der Waals surface area contributed by atoms with Crippen LogP contribution in [0.25, 0.3) is 5.82 Å². The van der Waals surface area contributed by atoms with Gasteiger partial charge in [-0.3, -0.25) is 5.32 Å². The van der Waals surface area contributed by atoms with Gasteiger partial charge in [-0.1, -0.05) is 0 Å². The SMILES string of the molecule is O=C(Nc1cccnc1-n1cccn1)OCCO. The second-order valence-electron chi connectivity index (χ2n) is 3.31. The predicted molar refractivity (Wildman–Crippen MR) is 63.4 cm³/mol. The first-order valence-electron chi connectivity index (χ1n) is 5.31. The number of anilines is 1. The summed E-state index contributed by atoms with van der Waals surface area (Å²) >= 11 is 0. The van der Waals surface area contributed by atoms with Crippen molar-refractivity contribution >= 4 is 11.8 Å². The standard InChI is InChI=1S/C11H12N4O3/c16-7-8-18-11(17)14-9-3-1-4-12-10(9)15-6-2-5-13-15/h1-6,16H,7-8H2,(H,14,17). The largest absolute Gasteiger partial charge is 0.447 e. The fourth-order valence-corrected chi connectivity index (χ4v) is 1.36. The van der Waals surface area contributed by atoms with E-state index < -0.39 is 6.09 Å². The third-order valence-corrected chi connectivity index (χ3v) is 2.07. The van der Waals surface area contributed by atoms with Crippen molar-refractivity contribution in [1.82, 2.24) is 14.8 Å². The van der Waals surface area contributed by atoms with Crippen LogP contribution < -0.4 is 5.32 Å². The van der Waals surface area contributed by atoms with Gasteiger partial charge in [-0.2, -0.15) is 5.10 Å². The van der Waals surface area contributed by atoms with Crippen LogP contribution in [0.15, 0.2) is 36.8 Å². The number of hydrogen-bond donors (Lipinski definition) is 2. The van der Waals surface area contributed by atoms with Crippen LogP contribution in [0.1, 0.15) is 0 Å². The van der Waals surface area contributed by atoms with Crippen LogP contribution in [0.2, 0.25) is 0 Å². The molecule has 18 heavy (non-hydrogen) atoms. The molecular weight excluding hydrogens is 236 g/mol. The first-order valence-corrected chi connectivity index (χ1v) is 5.31. The van der Waals surface area contributed by atoms with E-state index in [1.54, 1.807) is 36.8 Å². The minimum Gasteiger partial charge on any atom is -0.447 e. The molecule has 0 radical (unpaired) electrons. The van der Waals surface area contributed by atoms with Gasteiger partial charge in [0.1, 0.15) is 6.61 Å². The Kier molecular flexibility index (Phi) is 3.87. The molecule has 2 aromatic rings. The number of aliphatic hydroxyl groups excluding tert-OH is 1. The first-order chi connectivity index (χ1) is 8.81. The zero-order valence-electron chi connectivity index (χ0n) is 9.48. The number of aliphatic hydroxyl groups is 1. The molecule has 0 aliphatic rings. The molecule has 0 aliphatic heterocycles. The molecule has 0 atom stereocenters. The molecule has 1 amide bonds. The van der Waals surface area contributed by atoms with Crippen LogP contribution in [0, 0.1) is 0 Å². The average Bonchev–Trinajstić information content (AvgIpc) is 2.91. The third kappa shape index (κ3) is 2.83. The number of nitrogens with zero attached hydrogens (tertiary/aromatic N) is 3. The second-order valence-corrected chi connectivity index (χ2v) is 3.31. The fourth-order valence-electron chi connectivity index (χ4n) is 1.36. The van der Waals surface area contributed by atoms with Gasteiger partial charge >= 0.3 is 6.09 Å². The topological polar surface area (TPSA) is 89.3 Å². The van der Waals surface area contributed by atoms with E-state index in [2.05, 4.69) is 15.4 Å². The summed E-state index contributed by atoms with van der Waals surface area (Å²) < 4.78 is 6.24. The summed E-state index contributed by atoms with van der Waals surface area (Å²) in [7, 11) is 0. The van der Waals surface area contributed by atoms with Gasteiger partial charge in [0.2, 0.25) is 0 Å². The Labute approximate surface area is 103 Å². The van der Waals surface area contributed by atoms with E-state index in [-0.39, 0.29) is 13.2 Å². The summed E-state index contributed by atoms with van der Waals surface area (Å²) in [5, 5.41) is 15.1. The van der Waals surface area contributed by atoms with Gasteiger partial charge in [0.05, 0.1) is 12.3 Å². The molecule has 2 rings (SSSR count). The van der Waals surface area contributed by atoms with E-state index in [0.29, 0.717) is 11.5 Å². The number of hydrogen-bond acceptors (Lipinski definition) is 5. The molecule has 0 unspecified atom stereocenters. The lowest BCUT2D eigenvalue weighted by Gasteiger charge is -2.09. The van der Waals surface area contributed by atoms with Gasteiger partial charge in [-0.15, -0.1) is 0 Å². The maximum absolute atomic E-state index is 11.4. The van der Waals surface area contributed by atoms with Crippen molar-refractivity contribution < 1.29 is 14.6 Å². The molecular formula is C11H12N4O3. The number of pyridine rings is 1. The zero-order chi connectivity index (χ0) is 12.8. The van der Waals surface area contributed by atoms with Gasteiger partial charge in [0, 0.05) is 18.6 Å². The van der Waals surface area contributed by atoms with Crippen molar-refractivity contribution in [1.29, 1.82) is 0 Å². The van der Waals surface area contributed by atoms with E-state index in [1.807, 2.05) is 0 Å². The number of carbonyl (C=O) groups excluding carboxylic acids is 1. The summed E-state index contributed by atoms with van der Waals surface area (Å²) in [6.07, 6.45) is 4.28. The summed E-state index contributed by atoms with van der Waals surface area (Å²) in [5.41, 5.74) is 0.476. The van der Waals surface area contributed by atoms with Crippen LogP contribution >= 0.6 is 0 Å². The molecule has 0 fully saturated rings. The van der Waals surface area contributed by atoms with E-state index in [1.165, 1.54) is 4.68 Å². The third-order valence-electron chi connectivity index (χ3n) is 2.07. The summed E-state index contributed by atoms with van der Waals surface area (Å²) in [6.45, 7) is -0.268. The molecule has 94 valence electrons. The van der Waals surface area contributed by atoms with Gasteiger partial charge in [0.15, 0.2) is 5.82 Å². The first kappa shape index (κ1) is 12.1. The number of rotatable bonds is 4. The van der Waals surface area contributed by atoms with Gasteiger partial charge in [-0.25, -0.2) is 14.5 Å². The summed E-state index contributed by atoms with van der Waals surface area (Å²) in [5.74, 6) is 0.489. The molecule has 2 N–H and O–H groups in total. The highest BCUT2D eigenvalue weighted by Gasteiger charge is 2.09. The predicted octanol–water partition coefficient (Wildman–Crippen LogP) is 0.808. The Hall–Kier alpha value is -2.41. The number of nitrogens with one attached hydrogen (secondary N) is 1. The number of carbonyl (C=O) groups is 1. The van der Waals surface area contributed by atoms with Gasteiger partial charge in [0.25, 0.3) is 0 Å².